The third-order valence-electron chi connectivity index (χ3n) is 3.49. The summed E-state index contributed by atoms with van der Waals surface area (Å²) in [6.45, 7) is 0. The predicted octanol–water partition coefficient (Wildman–Crippen LogP) is 4.09. The molecule has 0 fully saturated rings. The fraction of sp³-hybridized carbons (Fsp3) is 0.118. The lowest BCUT2D eigenvalue weighted by molar-refractivity contribution is 0.102. The number of aromatic nitrogens is 1. The minimum absolute atomic E-state index is 0.263. The molecule has 23 heavy (non-hydrogen) atoms. The molecule has 0 radical (unpaired) electrons. The summed E-state index contributed by atoms with van der Waals surface area (Å²) < 4.78 is 10.4. The molecule has 0 spiro atoms. The molecule has 0 bridgehead atoms. The lowest BCUT2D eigenvalue weighted by Gasteiger charge is -2.11. The third kappa shape index (κ3) is 3.10. The summed E-state index contributed by atoms with van der Waals surface area (Å²) >= 11 is 5.96. The summed E-state index contributed by atoms with van der Waals surface area (Å²) in [6, 6.07) is 12.4. The number of fused-ring (bicyclic) bond motifs is 1. The van der Waals surface area contributed by atoms with Crippen molar-refractivity contribution in [3.05, 3.63) is 53.2 Å². The van der Waals surface area contributed by atoms with Gasteiger partial charge < -0.3 is 19.8 Å². The normalized spacial score (nSPS) is 10.6. The maximum atomic E-state index is 12.4. The molecule has 2 N–H and O–H groups in total. The van der Waals surface area contributed by atoms with Crippen LogP contribution in [0.4, 0.5) is 5.69 Å². The van der Waals surface area contributed by atoms with E-state index in [1.165, 1.54) is 7.11 Å². The summed E-state index contributed by atoms with van der Waals surface area (Å²) in [5, 5.41) is 4.35. The highest BCUT2D eigenvalue weighted by Crippen LogP contribution is 2.29. The van der Waals surface area contributed by atoms with E-state index in [-0.39, 0.29) is 5.91 Å². The van der Waals surface area contributed by atoms with E-state index in [1.807, 2.05) is 6.07 Å². The quantitative estimate of drug-likeness (QED) is 0.757. The molecule has 0 saturated heterocycles. The Kier molecular flexibility index (Phi) is 4.12. The lowest BCUT2D eigenvalue weighted by Crippen LogP contribution is -2.13. The van der Waals surface area contributed by atoms with E-state index < -0.39 is 0 Å². The van der Waals surface area contributed by atoms with Gasteiger partial charge in [-0.15, -0.1) is 0 Å². The Morgan fingerprint density at radius 3 is 2.65 bits per heavy atom. The van der Waals surface area contributed by atoms with Crippen molar-refractivity contribution in [2.45, 2.75) is 0 Å². The van der Waals surface area contributed by atoms with Gasteiger partial charge >= 0.3 is 0 Å². The lowest BCUT2D eigenvalue weighted by atomic mass is 10.2. The van der Waals surface area contributed by atoms with Crippen LogP contribution in [0.5, 0.6) is 11.5 Å². The molecule has 0 atom stereocenters. The molecule has 0 aliphatic heterocycles. The van der Waals surface area contributed by atoms with Crippen LogP contribution < -0.4 is 14.8 Å². The Labute approximate surface area is 138 Å². The van der Waals surface area contributed by atoms with Crippen molar-refractivity contribution < 1.29 is 14.3 Å². The van der Waals surface area contributed by atoms with Gasteiger partial charge in [0.15, 0.2) is 0 Å². The number of nitrogens with one attached hydrogen (secondary N) is 2. The Morgan fingerprint density at radius 2 is 1.91 bits per heavy atom. The summed E-state index contributed by atoms with van der Waals surface area (Å²) in [5.74, 6) is 0.915. The van der Waals surface area contributed by atoms with E-state index >= 15 is 0 Å². The average Bonchev–Trinajstić information content (AvgIpc) is 2.98. The van der Waals surface area contributed by atoms with E-state index in [9.17, 15) is 4.79 Å². The van der Waals surface area contributed by atoms with E-state index in [4.69, 9.17) is 21.1 Å². The van der Waals surface area contributed by atoms with E-state index in [1.54, 1.807) is 43.5 Å². The van der Waals surface area contributed by atoms with E-state index in [0.29, 0.717) is 27.9 Å². The van der Waals surface area contributed by atoms with Crippen LogP contribution in [0.15, 0.2) is 42.5 Å². The number of aromatic amines is 1. The standard InChI is InChI=1S/C17H15ClN2O3/c1-22-12-5-6-13(16(9-12)23-2)20-17(21)15-7-10-3-4-11(18)8-14(10)19-15/h3-9,19H,1-2H3,(H,20,21). The monoisotopic (exact) mass is 330 g/mol. The number of amides is 1. The van der Waals surface area contributed by atoms with Gasteiger partial charge in [0.2, 0.25) is 0 Å². The van der Waals surface area contributed by atoms with Crippen molar-refractivity contribution in [2.75, 3.05) is 19.5 Å². The highest BCUT2D eigenvalue weighted by atomic mass is 35.5. The van der Waals surface area contributed by atoms with E-state index in [0.717, 1.165) is 10.9 Å². The molecule has 5 nitrogen and oxygen atoms in total. The van der Waals surface area contributed by atoms with Gasteiger partial charge in [-0.2, -0.15) is 0 Å². The van der Waals surface area contributed by atoms with Crippen molar-refractivity contribution in [3.63, 3.8) is 0 Å². The number of halogens is 1. The van der Waals surface area contributed by atoms with Crippen molar-refractivity contribution in [3.8, 4) is 11.5 Å². The fourth-order valence-electron chi connectivity index (χ4n) is 2.31. The minimum atomic E-state index is -0.263. The van der Waals surface area contributed by atoms with Crippen LogP contribution in [0.2, 0.25) is 5.02 Å². The van der Waals surface area contributed by atoms with Crippen molar-refractivity contribution >= 4 is 34.1 Å². The smallest absolute Gasteiger partial charge is 0.272 e. The van der Waals surface area contributed by atoms with Gasteiger partial charge in [-0.1, -0.05) is 17.7 Å². The molecule has 0 aliphatic carbocycles. The molecule has 0 saturated carbocycles. The molecule has 1 amide bonds. The number of rotatable bonds is 4. The maximum absolute atomic E-state index is 12.4. The number of carbonyl (C=O) groups is 1. The molecule has 118 valence electrons. The Bertz CT molecular complexity index is 873. The third-order valence-corrected chi connectivity index (χ3v) is 3.72. The molecular weight excluding hydrogens is 316 g/mol. The summed E-state index contributed by atoms with van der Waals surface area (Å²) in [7, 11) is 3.11. The highest BCUT2D eigenvalue weighted by molar-refractivity contribution is 6.31. The number of H-pyrrole nitrogens is 1. The van der Waals surface area contributed by atoms with Gasteiger partial charge in [0.05, 0.1) is 19.9 Å². The second-order valence-electron chi connectivity index (χ2n) is 4.93. The maximum Gasteiger partial charge on any atom is 0.272 e. The van der Waals surface area contributed by atoms with Gasteiger partial charge in [0.1, 0.15) is 17.2 Å². The summed E-state index contributed by atoms with van der Waals surface area (Å²) in [6.07, 6.45) is 0. The minimum Gasteiger partial charge on any atom is -0.497 e. The number of methoxy groups -OCH3 is 2. The summed E-state index contributed by atoms with van der Waals surface area (Å²) in [5.41, 5.74) is 1.82. The molecule has 0 aliphatic rings. The van der Waals surface area contributed by atoms with Gasteiger partial charge in [-0.25, -0.2) is 0 Å². The van der Waals surface area contributed by atoms with Gasteiger partial charge in [0, 0.05) is 22.0 Å². The van der Waals surface area contributed by atoms with Crippen LogP contribution >= 0.6 is 11.6 Å². The highest BCUT2D eigenvalue weighted by Gasteiger charge is 2.13. The Morgan fingerprint density at radius 1 is 1.09 bits per heavy atom. The molecule has 3 aromatic rings. The van der Waals surface area contributed by atoms with Crippen LogP contribution in [-0.4, -0.2) is 25.1 Å². The van der Waals surface area contributed by atoms with Crippen molar-refractivity contribution in [1.29, 1.82) is 0 Å². The fourth-order valence-corrected chi connectivity index (χ4v) is 2.49. The van der Waals surface area contributed by atoms with E-state index in [2.05, 4.69) is 10.3 Å². The number of anilines is 1. The first-order valence-electron chi connectivity index (χ1n) is 6.92. The largest absolute Gasteiger partial charge is 0.497 e. The van der Waals surface area contributed by atoms with Gasteiger partial charge in [-0.3, -0.25) is 4.79 Å². The van der Waals surface area contributed by atoms with Crippen LogP contribution in [0, 0.1) is 0 Å². The topological polar surface area (TPSA) is 63.3 Å². The first-order valence-corrected chi connectivity index (χ1v) is 7.30. The average molecular weight is 331 g/mol. The second-order valence-corrected chi connectivity index (χ2v) is 5.37. The number of ether oxygens (including phenoxy) is 2. The van der Waals surface area contributed by atoms with Crippen LogP contribution in [-0.2, 0) is 0 Å². The molecule has 1 heterocycles. The van der Waals surface area contributed by atoms with Crippen molar-refractivity contribution in [1.82, 2.24) is 4.98 Å². The van der Waals surface area contributed by atoms with Crippen LogP contribution in [0.25, 0.3) is 10.9 Å². The number of benzene rings is 2. The molecule has 2 aromatic carbocycles. The number of carbonyl (C=O) groups excluding carboxylic acids is 1. The molecule has 0 unspecified atom stereocenters. The zero-order valence-corrected chi connectivity index (χ0v) is 13.4. The second kappa shape index (κ2) is 6.22. The van der Waals surface area contributed by atoms with Crippen LogP contribution in [0.3, 0.4) is 0 Å². The SMILES string of the molecule is COc1ccc(NC(=O)c2cc3ccc(Cl)cc3[nH]2)c(OC)c1. The zero-order valence-electron chi connectivity index (χ0n) is 12.6. The molecule has 6 heteroatoms. The first-order chi connectivity index (χ1) is 11.1. The number of hydrogen-bond acceptors (Lipinski definition) is 3. The van der Waals surface area contributed by atoms with Gasteiger partial charge in [-0.05, 0) is 30.3 Å². The van der Waals surface area contributed by atoms with Crippen LogP contribution in [0.1, 0.15) is 10.5 Å². The van der Waals surface area contributed by atoms with Crippen molar-refractivity contribution in [2.24, 2.45) is 0 Å². The molecule has 3 rings (SSSR count). The first kappa shape index (κ1) is 15.2. The van der Waals surface area contributed by atoms with Gasteiger partial charge in [0.25, 0.3) is 5.91 Å². The number of hydrogen-bond donors (Lipinski definition) is 2. The Hall–Kier alpha value is -2.66. The molecule has 1 aromatic heterocycles. The zero-order chi connectivity index (χ0) is 16.4. The Balaban J connectivity index is 1.88. The molecular formula is C17H15ClN2O3. The summed E-state index contributed by atoms with van der Waals surface area (Å²) in [4.78, 5) is 15.5. The predicted molar refractivity (Wildman–Crippen MR) is 90.8 cm³/mol.